The van der Waals surface area contributed by atoms with Gasteiger partial charge in [-0.15, -0.1) is 0 Å². The Kier molecular flexibility index (Phi) is 5.19. The summed E-state index contributed by atoms with van der Waals surface area (Å²) < 4.78 is 23.3. The lowest BCUT2D eigenvalue weighted by molar-refractivity contribution is 0.157. The van der Waals surface area contributed by atoms with E-state index in [1.165, 1.54) is 4.90 Å². The molecule has 2 heterocycles. The first-order chi connectivity index (χ1) is 12.3. The molecule has 9 heteroatoms. The molecule has 1 fully saturated rings. The van der Waals surface area contributed by atoms with E-state index in [4.69, 9.17) is 0 Å². The van der Waals surface area contributed by atoms with Crippen molar-refractivity contribution in [3.63, 3.8) is 0 Å². The molecule has 2 amide bonds. The molecule has 26 heavy (non-hydrogen) atoms. The van der Waals surface area contributed by atoms with Crippen LogP contribution in [0.4, 0.5) is 4.79 Å². The molecule has 142 valence electrons. The molecular weight excluding hydrogens is 356 g/mol. The molecule has 0 bridgehead atoms. The summed E-state index contributed by atoms with van der Waals surface area (Å²) in [7, 11) is -3.11. The number of aliphatic hydroxyl groups excluding tert-OH is 1. The Labute approximate surface area is 152 Å². The number of sulfone groups is 1. The van der Waals surface area contributed by atoms with Gasteiger partial charge in [0.15, 0.2) is 9.84 Å². The summed E-state index contributed by atoms with van der Waals surface area (Å²) in [5, 5.41) is 12.0. The molecule has 0 unspecified atom stereocenters. The summed E-state index contributed by atoms with van der Waals surface area (Å²) >= 11 is 0. The van der Waals surface area contributed by atoms with E-state index in [0.29, 0.717) is 12.2 Å². The zero-order valence-electron chi connectivity index (χ0n) is 14.9. The minimum Gasteiger partial charge on any atom is -0.395 e. The third kappa shape index (κ3) is 3.83. The highest BCUT2D eigenvalue weighted by Gasteiger charge is 2.34. The Morgan fingerprint density at radius 2 is 2.19 bits per heavy atom. The minimum absolute atomic E-state index is 0.0521. The van der Waals surface area contributed by atoms with Crippen molar-refractivity contribution in [2.45, 2.75) is 32.9 Å². The fourth-order valence-corrected chi connectivity index (χ4v) is 5.02. The maximum Gasteiger partial charge on any atom is 0.318 e. The molecule has 0 radical (unpaired) electrons. The van der Waals surface area contributed by atoms with Crippen LogP contribution in [0.3, 0.4) is 0 Å². The number of aromatic nitrogens is 2. The third-order valence-electron chi connectivity index (χ3n) is 4.89. The van der Waals surface area contributed by atoms with E-state index in [0.717, 1.165) is 22.2 Å². The van der Waals surface area contributed by atoms with Gasteiger partial charge >= 0.3 is 6.03 Å². The quantitative estimate of drug-likeness (QED) is 0.712. The summed E-state index contributed by atoms with van der Waals surface area (Å²) in [6.07, 6.45) is 0.402. The lowest BCUT2D eigenvalue weighted by Gasteiger charge is -2.27. The van der Waals surface area contributed by atoms with E-state index in [9.17, 15) is 18.3 Å². The van der Waals surface area contributed by atoms with Gasteiger partial charge in [-0.25, -0.2) is 18.2 Å². The molecule has 1 aliphatic heterocycles. The number of aryl methyl sites for hydroxylation is 2. The second-order valence-corrected chi connectivity index (χ2v) is 8.95. The van der Waals surface area contributed by atoms with E-state index >= 15 is 0 Å². The number of carbonyl (C=O) groups excluding carboxylic acids is 1. The Balaban J connectivity index is 1.69. The zero-order chi connectivity index (χ0) is 18.9. The number of hydrogen-bond acceptors (Lipinski definition) is 5. The number of benzene rings is 1. The first kappa shape index (κ1) is 18.7. The van der Waals surface area contributed by atoms with Gasteiger partial charge in [-0.2, -0.15) is 0 Å². The van der Waals surface area contributed by atoms with Crippen LogP contribution in [0.5, 0.6) is 0 Å². The van der Waals surface area contributed by atoms with Gasteiger partial charge in [-0.1, -0.05) is 6.07 Å². The first-order valence-electron chi connectivity index (χ1n) is 8.61. The van der Waals surface area contributed by atoms with Crippen LogP contribution >= 0.6 is 0 Å². The molecule has 3 N–H and O–H groups in total. The lowest BCUT2D eigenvalue weighted by Crippen LogP contribution is -2.47. The highest BCUT2D eigenvalue weighted by atomic mass is 32.2. The summed E-state index contributed by atoms with van der Waals surface area (Å²) in [6, 6.07) is 3.18. The van der Waals surface area contributed by atoms with Crippen LogP contribution in [0, 0.1) is 13.8 Å². The van der Waals surface area contributed by atoms with Crippen LogP contribution in [0.2, 0.25) is 0 Å². The number of fused-ring (bicyclic) bond motifs is 1. The Morgan fingerprint density at radius 1 is 1.42 bits per heavy atom. The fraction of sp³-hybridized carbons (Fsp3) is 0.529. The number of imidazole rings is 1. The van der Waals surface area contributed by atoms with E-state index < -0.39 is 21.9 Å². The Hall–Kier alpha value is -2.13. The smallest absolute Gasteiger partial charge is 0.318 e. The van der Waals surface area contributed by atoms with Gasteiger partial charge < -0.3 is 20.3 Å². The van der Waals surface area contributed by atoms with E-state index in [-0.39, 0.29) is 31.2 Å². The minimum atomic E-state index is -3.11. The Morgan fingerprint density at radius 3 is 2.85 bits per heavy atom. The van der Waals surface area contributed by atoms with Gasteiger partial charge in [-0.3, -0.25) is 0 Å². The monoisotopic (exact) mass is 380 g/mol. The van der Waals surface area contributed by atoms with Crippen molar-refractivity contribution in [2.75, 3.05) is 24.7 Å². The molecule has 1 aliphatic rings. The van der Waals surface area contributed by atoms with Crippen LogP contribution in [-0.2, 0) is 16.4 Å². The predicted octanol–water partition coefficient (Wildman–Crippen LogP) is 0.871. The molecule has 0 aliphatic carbocycles. The summed E-state index contributed by atoms with van der Waals surface area (Å²) in [4.78, 5) is 21.6. The molecular formula is C17H24N4O4S. The van der Waals surface area contributed by atoms with Crippen molar-refractivity contribution < 1.29 is 18.3 Å². The number of aliphatic hydroxyl groups is 1. The highest BCUT2D eigenvalue weighted by Crippen LogP contribution is 2.20. The predicted molar refractivity (Wildman–Crippen MR) is 98.7 cm³/mol. The number of amides is 2. The van der Waals surface area contributed by atoms with Crippen LogP contribution in [-0.4, -0.2) is 65.1 Å². The van der Waals surface area contributed by atoms with Crippen LogP contribution < -0.4 is 5.32 Å². The summed E-state index contributed by atoms with van der Waals surface area (Å²) in [6.45, 7) is 4.11. The van der Waals surface area contributed by atoms with Crippen LogP contribution in [0.15, 0.2) is 12.1 Å². The summed E-state index contributed by atoms with van der Waals surface area (Å²) in [5.41, 5.74) is 4.03. The van der Waals surface area contributed by atoms with Crippen molar-refractivity contribution in [1.82, 2.24) is 20.2 Å². The largest absolute Gasteiger partial charge is 0.395 e. The average molecular weight is 380 g/mol. The van der Waals surface area contributed by atoms with Gasteiger partial charge in [0.1, 0.15) is 5.82 Å². The molecule has 1 aromatic heterocycles. The normalized spacial score (nSPS) is 19.0. The average Bonchev–Trinajstić information content (AvgIpc) is 3.17. The molecule has 1 saturated heterocycles. The van der Waals surface area contributed by atoms with Crippen molar-refractivity contribution in [3.05, 3.63) is 29.1 Å². The maximum absolute atomic E-state index is 12.5. The zero-order valence-corrected chi connectivity index (χ0v) is 15.8. The number of nitrogens with zero attached hydrogens (tertiary/aromatic N) is 2. The van der Waals surface area contributed by atoms with Crippen LogP contribution in [0.1, 0.15) is 23.4 Å². The van der Waals surface area contributed by atoms with E-state index in [1.54, 1.807) is 0 Å². The topological polar surface area (TPSA) is 115 Å². The standard InChI is InChI=1S/C17H24N4O4S/c1-11-3-4-14-16(12(11)2)20-15(19-14)9-18-17(23)21(6-7-22)13-5-8-26(24,25)10-13/h3-4,13,22H,5-10H2,1-2H3,(H,18,23)(H,19,20)/t13-/m0/s1. The number of rotatable bonds is 5. The van der Waals surface area contributed by atoms with Crippen molar-refractivity contribution in [1.29, 1.82) is 0 Å². The molecule has 0 saturated carbocycles. The molecule has 0 spiro atoms. The van der Waals surface area contributed by atoms with Crippen molar-refractivity contribution in [2.24, 2.45) is 0 Å². The molecule has 1 atom stereocenters. The van der Waals surface area contributed by atoms with Crippen LogP contribution in [0.25, 0.3) is 11.0 Å². The molecule has 1 aromatic carbocycles. The molecule has 2 aromatic rings. The molecule has 3 rings (SSSR count). The van der Waals surface area contributed by atoms with E-state index in [1.807, 2.05) is 26.0 Å². The van der Waals surface area contributed by atoms with Gasteiger partial charge in [0.2, 0.25) is 0 Å². The second kappa shape index (κ2) is 7.24. The fourth-order valence-electron chi connectivity index (χ4n) is 3.29. The maximum atomic E-state index is 12.5. The molecule has 8 nitrogen and oxygen atoms in total. The SMILES string of the molecule is Cc1ccc2[nH]c(CNC(=O)N(CCO)[C@H]3CCS(=O)(=O)C3)nc2c1C. The van der Waals surface area contributed by atoms with Gasteiger partial charge in [0.05, 0.1) is 35.7 Å². The number of H-pyrrole nitrogens is 1. The number of nitrogens with one attached hydrogen (secondary N) is 2. The van der Waals surface area contributed by atoms with Crippen molar-refractivity contribution in [3.8, 4) is 0 Å². The number of hydrogen-bond donors (Lipinski definition) is 3. The second-order valence-electron chi connectivity index (χ2n) is 6.72. The van der Waals surface area contributed by atoms with E-state index in [2.05, 4.69) is 15.3 Å². The third-order valence-corrected chi connectivity index (χ3v) is 6.64. The highest BCUT2D eigenvalue weighted by molar-refractivity contribution is 7.91. The Bertz CT molecular complexity index is 922. The summed E-state index contributed by atoms with van der Waals surface area (Å²) in [5.74, 6) is 0.656. The number of carbonyl (C=O) groups is 1. The first-order valence-corrected chi connectivity index (χ1v) is 10.4. The van der Waals surface area contributed by atoms with Crippen molar-refractivity contribution >= 4 is 26.9 Å². The van der Waals surface area contributed by atoms with Gasteiger partial charge in [0.25, 0.3) is 0 Å². The van der Waals surface area contributed by atoms with Gasteiger partial charge in [-0.05, 0) is 37.5 Å². The number of urea groups is 1. The number of aromatic amines is 1. The lowest BCUT2D eigenvalue weighted by atomic mass is 10.1. The van der Waals surface area contributed by atoms with Gasteiger partial charge in [0, 0.05) is 12.6 Å².